The molecule has 0 radical (unpaired) electrons. The molecule has 270 valence electrons. The minimum atomic E-state index is -4.46. The average molecular weight is 705 g/mol. The number of hydrogen-bond acceptors (Lipinski definition) is 7. The van der Waals surface area contributed by atoms with Crippen molar-refractivity contribution in [1.82, 2.24) is 9.80 Å². The van der Waals surface area contributed by atoms with Crippen molar-refractivity contribution in [2.75, 3.05) is 34.4 Å². The predicted molar refractivity (Wildman–Crippen MR) is 161 cm³/mol. The van der Waals surface area contributed by atoms with Crippen LogP contribution < -0.4 is 0 Å². The Bertz CT molecular complexity index is 1530. The molecule has 4 atom stereocenters. The van der Waals surface area contributed by atoms with Crippen molar-refractivity contribution in [2.24, 2.45) is 11.8 Å². The van der Waals surface area contributed by atoms with Gasteiger partial charge in [-0.3, -0.25) is 9.59 Å². The number of methoxy groups -OCH3 is 3. The molecule has 1 N–H and O–H groups in total. The van der Waals surface area contributed by atoms with Gasteiger partial charge in [0.2, 0.25) is 0 Å². The normalized spacial score (nSPS) is 21.2. The van der Waals surface area contributed by atoms with Crippen molar-refractivity contribution in [2.45, 2.75) is 64.0 Å². The number of nitrogens with zero attached hydrogens (tertiary/aromatic N) is 2. The van der Waals surface area contributed by atoms with E-state index < -0.39 is 71.5 Å². The fourth-order valence-corrected chi connectivity index (χ4v) is 6.26. The quantitative estimate of drug-likeness (QED) is 0.200. The molecule has 2 fully saturated rings. The molecule has 2 aromatic rings. The van der Waals surface area contributed by atoms with Crippen molar-refractivity contribution in [3.8, 4) is 0 Å². The highest BCUT2D eigenvalue weighted by Gasteiger charge is 2.39. The third-order valence-corrected chi connectivity index (χ3v) is 8.79. The van der Waals surface area contributed by atoms with E-state index in [1.807, 2.05) is 0 Å². The summed E-state index contributed by atoms with van der Waals surface area (Å²) in [7, 11) is 3.73. The molecule has 0 saturated carbocycles. The lowest BCUT2D eigenvalue weighted by Gasteiger charge is -2.38. The van der Waals surface area contributed by atoms with Gasteiger partial charge in [0.1, 0.15) is 0 Å². The Kier molecular flexibility index (Phi) is 12.6. The molecular formula is C33H38F6N2O8. The lowest BCUT2D eigenvalue weighted by Crippen LogP contribution is -2.42. The highest BCUT2D eigenvalue weighted by Crippen LogP contribution is 2.40. The second-order valence-corrected chi connectivity index (χ2v) is 11.8. The molecule has 10 nitrogen and oxygen atoms in total. The van der Waals surface area contributed by atoms with E-state index in [1.54, 1.807) is 0 Å². The highest BCUT2D eigenvalue weighted by molar-refractivity contribution is 5.74. The number of carboxylic acid groups (broad SMARTS) is 1. The number of aryl methyl sites for hydroxylation is 2. The number of halogens is 6. The SMILES string of the molecule is COC(=O)C1CCN(C(=O)OC)C(c2ccc(C(F)(F)F)c(C)c2)C1.COC(=O)N1CCC(C(=O)O)CC1c1ccc(C(F)(F)F)c(C)c1. The van der Waals surface area contributed by atoms with Gasteiger partial charge >= 0.3 is 36.5 Å². The lowest BCUT2D eigenvalue weighted by atomic mass is 9.86. The summed E-state index contributed by atoms with van der Waals surface area (Å²) in [5, 5.41) is 9.21. The van der Waals surface area contributed by atoms with Crippen LogP contribution in [0.1, 0.15) is 71.1 Å². The summed E-state index contributed by atoms with van der Waals surface area (Å²) >= 11 is 0. The summed E-state index contributed by atoms with van der Waals surface area (Å²) in [5.74, 6) is -2.44. The van der Waals surface area contributed by atoms with Crippen molar-refractivity contribution in [3.63, 3.8) is 0 Å². The first-order valence-corrected chi connectivity index (χ1v) is 15.2. The molecule has 2 aromatic carbocycles. The monoisotopic (exact) mass is 704 g/mol. The molecule has 2 heterocycles. The summed E-state index contributed by atoms with van der Waals surface area (Å²) in [6.45, 7) is 3.15. The van der Waals surface area contributed by atoms with Gasteiger partial charge in [0, 0.05) is 13.1 Å². The topological polar surface area (TPSA) is 123 Å². The van der Waals surface area contributed by atoms with Crippen LogP contribution >= 0.6 is 0 Å². The Morgan fingerprint density at radius 3 is 1.39 bits per heavy atom. The number of carboxylic acids is 1. The third kappa shape index (κ3) is 9.35. The van der Waals surface area contributed by atoms with Crippen LogP contribution in [0.2, 0.25) is 0 Å². The Labute approximate surface area is 278 Å². The van der Waals surface area contributed by atoms with Gasteiger partial charge in [0.25, 0.3) is 0 Å². The standard InChI is InChI=1S/C17H20F3NO4.C16H18F3NO4/c1-10-8-11(4-5-13(10)17(18,19)20)14-9-12(15(22)24-2)6-7-21(14)16(23)25-3;1-9-7-10(3-4-12(9)16(17,18)19)13-8-11(14(21)22)5-6-20(13)15(23)24-2/h4-5,8,12,14H,6-7,9H2,1-3H3;3-4,7,11,13H,5-6,8H2,1-2H3,(H,21,22). The number of amides is 2. The van der Waals surface area contributed by atoms with Gasteiger partial charge in [0.15, 0.2) is 0 Å². The summed E-state index contributed by atoms with van der Waals surface area (Å²) < 4.78 is 91.7. The molecule has 0 spiro atoms. The Balaban J connectivity index is 0.000000266. The maximum absolute atomic E-state index is 13.0. The van der Waals surface area contributed by atoms with E-state index in [9.17, 15) is 50.6 Å². The largest absolute Gasteiger partial charge is 0.481 e. The molecule has 0 bridgehead atoms. The number of carbonyl (C=O) groups excluding carboxylic acids is 3. The molecule has 2 amide bonds. The van der Waals surface area contributed by atoms with Crippen molar-refractivity contribution >= 4 is 24.1 Å². The van der Waals surface area contributed by atoms with Gasteiger partial charge in [-0.1, -0.05) is 24.3 Å². The number of piperidine rings is 2. The highest BCUT2D eigenvalue weighted by atomic mass is 19.4. The van der Waals surface area contributed by atoms with Crippen LogP contribution in [-0.2, 0) is 36.2 Å². The number of carbonyl (C=O) groups is 4. The molecule has 4 rings (SSSR count). The minimum Gasteiger partial charge on any atom is -0.481 e. The number of hydrogen-bond donors (Lipinski definition) is 1. The fraction of sp³-hybridized carbons (Fsp3) is 0.515. The summed E-state index contributed by atoms with van der Waals surface area (Å²) in [5.41, 5.74) is -0.374. The fourth-order valence-electron chi connectivity index (χ4n) is 6.26. The van der Waals surface area contributed by atoms with Gasteiger partial charge in [-0.15, -0.1) is 0 Å². The minimum absolute atomic E-state index is 0.0299. The van der Waals surface area contributed by atoms with E-state index in [0.29, 0.717) is 17.5 Å². The van der Waals surface area contributed by atoms with E-state index in [1.165, 1.54) is 69.2 Å². The molecule has 2 aliphatic heterocycles. The number of likely N-dealkylation sites (tertiary alicyclic amines) is 2. The van der Waals surface area contributed by atoms with Gasteiger partial charge in [-0.05, 0) is 73.9 Å². The Hall–Kier alpha value is -4.50. The van der Waals surface area contributed by atoms with E-state index in [4.69, 9.17) is 14.2 Å². The lowest BCUT2D eigenvalue weighted by molar-refractivity contribution is -0.148. The zero-order valence-corrected chi connectivity index (χ0v) is 27.5. The molecule has 0 aromatic heterocycles. The van der Waals surface area contributed by atoms with Crippen molar-refractivity contribution in [3.05, 3.63) is 69.8 Å². The number of rotatable bonds is 4. The summed E-state index contributed by atoms with van der Waals surface area (Å²) in [6, 6.07) is 6.18. The molecule has 0 aliphatic carbocycles. The van der Waals surface area contributed by atoms with E-state index in [0.717, 1.165) is 12.1 Å². The maximum Gasteiger partial charge on any atom is 0.416 e. The summed E-state index contributed by atoms with van der Waals surface area (Å²) in [6.07, 6.45) is -9.00. The zero-order chi connectivity index (χ0) is 36.8. The second-order valence-electron chi connectivity index (χ2n) is 11.8. The van der Waals surface area contributed by atoms with Crippen LogP contribution in [0, 0.1) is 25.7 Å². The summed E-state index contributed by atoms with van der Waals surface area (Å²) in [4.78, 5) is 49.8. The zero-order valence-electron chi connectivity index (χ0n) is 27.5. The first kappa shape index (κ1) is 38.9. The van der Waals surface area contributed by atoms with E-state index >= 15 is 0 Å². The predicted octanol–water partition coefficient (Wildman–Crippen LogP) is 7.32. The molecule has 4 unspecified atom stereocenters. The second kappa shape index (κ2) is 15.8. The Morgan fingerprint density at radius 1 is 0.673 bits per heavy atom. The number of esters is 1. The molecular weight excluding hydrogens is 666 g/mol. The first-order valence-electron chi connectivity index (χ1n) is 15.2. The van der Waals surface area contributed by atoms with Crippen LogP contribution in [0.3, 0.4) is 0 Å². The third-order valence-electron chi connectivity index (χ3n) is 8.79. The molecule has 2 aliphatic rings. The van der Waals surface area contributed by atoms with Gasteiger partial charge < -0.3 is 29.1 Å². The van der Waals surface area contributed by atoms with Gasteiger partial charge in [-0.25, -0.2) is 9.59 Å². The van der Waals surface area contributed by atoms with Gasteiger partial charge in [0.05, 0.1) is 56.4 Å². The molecule has 49 heavy (non-hydrogen) atoms. The number of alkyl halides is 6. The van der Waals surface area contributed by atoms with Crippen LogP contribution in [0.5, 0.6) is 0 Å². The number of ether oxygens (including phenoxy) is 3. The number of aliphatic carboxylic acids is 1. The number of benzene rings is 2. The van der Waals surface area contributed by atoms with Crippen molar-refractivity contribution in [1.29, 1.82) is 0 Å². The Morgan fingerprint density at radius 2 is 1.06 bits per heavy atom. The maximum atomic E-state index is 13.0. The smallest absolute Gasteiger partial charge is 0.416 e. The molecule has 16 heteroatoms. The van der Waals surface area contributed by atoms with Crippen LogP contribution in [0.25, 0.3) is 0 Å². The average Bonchev–Trinajstić information content (AvgIpc) is 3.05. The van der Waals surface area contributed by atoms with E-state index in [2.05, 4.69) is 0 Å². The van der Waals surface area contributed by atoms with E-state index in [-0.39, 0.29) is 43.5 Å². The van der Waals surface area contributed by atoms with Gasteiger partial charge in [-0.2, -0.15) is 26.3 Å². The van der Waals surface area contributed by atoms with Crippen molar-refractivity contribution < 1.29 is 64.8 Å². The van der Waals surface area contributed by atoms with Crippen LogP contribution in [-0.4, -0.2) is 73.5 Å². The molecule has 2 saturated heterocycles. The first-order chi connectivity index (χ1) is 22.8. The van der Waals surface area contributed by atoms with Crippen LogP contribution in [0.4, 0.5) is 35.9 Å². The van der Waals surface area contributed by atoms with Crippen LogP contribution in [0.15, 0.2) is 36.4 Å².